The van der Waals surface area contributed by atoms with Crippen molar-refractivity contribution >= 4 is 15.9 Å². The van der Waals surface area contributed by atoms with E-state index in [1.807, 2.05) is 0 Å². The molecule has 0 bridgehead atoms. The van der Waals surface area contributed by atoms with E-state index < -0.39 is 12.1 Å². The van der Waals surface area contributed by atoms with Crippen LogP contribution < -0.4 is 16.4 Å². The highest BCUT2D eigenvalue weighted by molar-refractivity contribution is 9.09. The Kier molecular flexibility index (Phi) is 2.76. The summed E-state index contributed by atoms with van der Waals surface area (Å²) >= 11 is 3.29. The second-order valence-corrected chi connectivity index (χ2v) is 4.95. The van der Waals surface area contributed by atoms with Gasteiger partial charge in [0.2, 0.25) is 0 Å². The van der Waals surface area contributed by atoms with E-state index in [4.69, 9.17) is 0 Å². The summed E-state index contributed by atoms with van der Waals surface area (Å²) in [6, 6.07) is -0.117. The highest BCUT2D eigenvalue weighted by Gasteiger charge is 2.49. The summed E-state index contributed by atoms with van der Waals surface area (Å²) in [7, 11) is 0. The lowest BCUT2D eigenvalue weighted by Crippen LogP contribution is -2.49. The number of rotatable bonds is 0. The molecule has 0 aromatic heterocycles. The number of hydrogen-bond donors (Lipinski definition) is 3. The maximum atomic E-state index is 12.5. The molecule has 2 fully saturated rings. The molecule has 1 aliphatic carbocycles. The third-order valence-electron chi connectivity index (χ3n) is 2.83. The molecule has 1 saturated heterocycles. The second kappa shape index (κ2) is 3.62. The predicted octanol–water partition coefficient (Wildman–Crippen LogP) is 1.07. The fourth-order valence-corrected chi connectivity index (χ4v) is 3.00. The summed E-state index contributed by atoms with van der Waals surface area (Å²) in [5, 5.41) is 0. The molecule has 0 spiro atoms. The molecule has 82 valence electrons. The molecule has 7 heteroatoms. The number of hydrazine groups is 2. The summed E-state index contributed by atoms with van der Waals surface area (Å²) in [6.07, 6.45) is -3.81. The Morgan fingerprint density at radius 2 is 1.86 bits per heavy atom. The summed E-state index contributed by atoms with van der Waals surface area (Å²) in [5.74, 6) is -1.21. The highest BCUT2D eigenvalue weighted by Crippen LogP contribution is 2.40. The Morgan fingerprint density at radius 3 is 2.50 bits per heavy atom. The smallest absolute Gasteiger partial charge is 0.239 e. The fraction of sp³-hybridized carbons (Fsp3) is 1.00. The van der Waals surface area contributed by atoms with Crippen molar-refractivity contribution in [3.63, 3.8) is 0 Å². The van der Waals surface area contributed by atoms with Gasteiger partial charge in [0.25, 0.3) is 0 Å². The maximum absolute atomic E-state index is 12.5. The van der Waals surface area contributed by atoms with Crippen LogP contribution in [-0.2, 0) is 0 Å². The van der Waals surface area contributed by atoms with Crippen LogP contribution in [0.1, 0.15) is 12.8 Å². The standard InChI is InChI=1S/C7H11BrF3N3/c8-4-1-3(7(9,10)11)2-5-6(4)13-14-12-5/h3-6,12-14H,1-2H2. The van der Waals surface area contributed by atoms with Crippen molar-refractivity contribution in [2.75, 3.05) is 0 Å². The summed E-state index contributed by atoms with van der Waals surface area (Å²) in [4.78, 5) is -0.143. The third-order valence-corrected chi connectivity index (χ3v) is 3.77. The molecule has 0 radical (unpaired) electrons. The van der Waals surface area contributed by atoms with Gasteiger partial charge in [-0.1, -0.05) is 15.9 Å². The van der Waals surface area contributed by atoms with Gasteiger partial charge in [-0.2, -0.15) is 18.7 Å². The number of alkyl halides is 4. The first-order valence-electron chi connectivity index (χ1n) is 4.45. The summed E-state index contributed by atoms with van der Waals surface area (Å²) in [6.45, 7) is 0. The van der Waals surface area contributed by atoms with Crippen LogP contribution in [0, 0.1) is 5.92 Å². The Bertz CT molecular complexity index is 223. The predicted molar refractivity (Wildman–Crippen MR) is 48.5 cm³/mol. The molecule has 1 saturated carbocycles. The quantitative estimate of drug-likeness (QED) is 0.578. The molecule has 0 aromatic rings. The van der Waals surface area contributed by atoms with Crippen molar-refractivity contribution in [1.29, 1.82) is 0 Å². The third kappa shape index (κ3) is 1.91. The zero-order valence-electron chi connectivity index (χ0n) is 7.24. The average molecular weight is 274 g/mol. The van der Waals surface area contributed by atoms with Crippen LogP contribution in [0.25, 0.3) is 0 Å². The van der Waals surface area contributed by atoms with Gasteiger partial charge < -0.3 is 0 Å². The molecule has 1 aliphatic heterocycles. The molecule has 4 atom stereocenters. The van der Waals surface area contributed by atoms with Gasteiger partial charge in [0.15, 0.2) is 0 Å². The second-order valence-electron chi connectivity index (χ2n) is 3.77. The molecule has 0 aromatic carbocycles. The van der Waals surface area contributed by atoms with Crippen LogP contribution in [0.15, 0.2) is 0 Å². The van der Waals surface area contributed by atoms with Crippen LogP contribution >= 0.6 is 15.9 Å². The number of nitrogens with one attached hydrogen (secondary N) is 3. The van der Waals surface area contributed by atoms with Crippen molar-refractivity contribution in [2.24, 2.45) is 5.92 Å². The van der Waals surface area contributed by atoms with Gasteiger partial charge in [0.1, 0.15) is 0 Å². The first kappa shape index (κ1) is 10.7. The van der Waals surface area contributed by atoms with E-state index in [1.54, 1.807) is 0 Å². The maximum Gasteiger partial charge on any atom is 0.391 e. The van der Waals surface area contributed by atoms with Crippen LogP contribution in [0.4, 0.5) is 13.2 Å². The van der Waals surface area contributed by atoms with Gasteiger partial charge in [-0.05, 0) is 12.8 Å². The fourth-order valence-electron chi connectivity index (χ4n) is 2.04. The molecule has 0 amide bonds. The van der Waals surface area contributed by atoms with E-state index in [1.165, 1.54) is 0 Å². The average Bonchev–Trinajstić information content (AvgIpc) is 2.50. The Labute approximate surface area is 87.9 Å². The molecule has 3 N–H and O–H groups in total. The molecular weight excluding hydrogens is 263 g/mol. The van der Waals surface area contributed by atoms with Gasteiger partial charge in [-0.15, -0.1) is 0 Å². The molecule has 1 heterocycles. The number of hydrogen-bond acceptors (Lipinski definition) is 3. The molecule has 2 aliphatic rings. The lowest BCUT2D eigenvalue weighted by Gasteiger charge is -2.35. The zero-order valence-corrected chi connectivity index (χ0v) is 8.82. The van der Waals surface area contributed by atoms with Crippen molar-refractivity contribution in [3.05, 3.63) is 0 Å². The van der Waals surface area contributed by atoms with Gasteiger partial charge in [-0.3, -0.25) is 0 Å². The van der Waals surface area contributed by atoms with E-state index in [-0.39, 0.29) is 29.8 Å². The van der Waals surface area contributed by atoms with E-state index in [9.17, 15) is 13.2 Å². The minimum atomic E-state index is -4.08. The van der Waals surface area contributed by atoms with Crippen molar-refractivity contribution in [2.45, 2.75) is 35.9 Å². The molecule has 2 rings (SSSR count). The van der Waals surface area contributed by atoms with E-state index >= 15 is 0 Å². The van der Waals surface area contributed by atoms with Crippen molar-refractivity contribution in [3.8, 4) is 0 Å². The van der Waals surface area contributed by atoms with Crippen molar-refractivity contribution in [1.82, 2.24) is 16.4 Å². The monoisotopic (exact) mass is 273 g/mol. The largest absolute Gasteiger partial charge is 0.391 e. The first-order valence-corrected chi connectivity index (χ1v) is 5.37. The minimum absolute atomic E-state index is 0.0357. The van der Waals surface area contributed by atoms with Gasteiger partial charge in [-0.25, -0.2) is 10.9 Å². The van der Waals surface area contributed by atoms with Crippen LogP contribution in [-0.4, -0.2) is 23.1 Å². The molecule has 4 unspecified atom stereocenters. The number of halogens is 4. The highest BCUT2D eigenvalue weighted by atomic mass is 79.9. The summed E-state index contributed by atoms with van der Waals surface area (Å²) in [5.41, 5.74) is 8.37. The lowest BCUT2D eigenvalue weighted by molar-refractivity contribution is -0.183. The van der Waals surface area contributed by atoms with E-state index in [2.05, 4.69) is 32.3 Å². The SMILES string of the molecule is FC(F)(F)C1CC(Br)C2NNNC2C1. The molecular formula is C7H11BrF3N3. The van der Waals surface area contributed by atoms with Crippen LogP contribution in [0.3, 0.4) is 0 Å². The topological polar surface area (TPSA) is 36.1 Å². The Morgan fingerprint density at radius 1 is 1.14 bits per heavy atom. The van der Waals surface area contributed by atoms with E-state index in [0.29, 0.717) is 0 Å². The van der Waals surface area contributed by atoms with Gasteiger partial charge in [0, 0.05) is 10.9 Å². The Hall–Kier alpha value is 0.150. The summed E-state index contributed by atoms with van der Waals surface area (Å²) < 4.78 is 37.4. The first-order chi connectivity index (χ1) is 6.48. The van der Waals surface area contributed by atoms with Crippen molar-refractivity contribution < 1.29 is 13.2 Å². The van der Waals surface area contributed by atoms with Gasteiger partial charge in [0.05, 0.1) is 12.0 Å². The zero-order chi connectivity index (χ0) is 10.3. The Balaban J connectivity index is 2.06. The molecule has 3 nitrogen and oxygen atoms in total. The van der Waals surface area contributed by atoms with Crippen LogP contribution in [0.2, 0.25) is 0 Å². The molecule has 14 heavy (non-hydrogen) atoms. The normalized spacial score (nSPS) is 43.7. The number of fused-ring (bicyclic) bond motifs is 1. The lowest BCUT2D eigenvalue weighted by atomic mass is 9.83. The van der Waals surface area contributed by atoms with E-state index in [0.717, 1.165) is 0 Å². The van der Waals surface area contributed by atoms with Gasteiger partial charge >= 0.3 is 6.18 Å². The van der Waals surface area contributed by atoms with Crippen LogP contribution in [0.5, 0.6) is 0 Å². The minimum Gasteiger partial charge on any atom is -0.239 e.